The lowest BCUT2D eigenvalue weighted by molar-refractivity contribution is -0.122. The zero-order valence-corrected chi connectivity index (χ0v) is 8.36. The molecule has 1 amide bonds. The van der Waals surface area contributed by atoms with E-state index in [0.29, 0.717) is 6.42 Å². The smallest absolute Gasteiger partial charge is 0.228 e. The lowest BCUT2D eigenvalue weighted by Crippen LogP contribution is -2.37. The van der Waals surface area contributed by atoms with Crippen LogP contribution in [0.3, 0.4) is 0 Å². The zero-order valence-electron chi connectivity index (χ0n) is 8.36. The van der Waals surface area contributed by atoms with Crippen molar-refractivity contribution in [3.05, 3.63) is 48.6 Å². The fourth-order valence-corrected chi connectivity index (χ4v) is 1.46. The second-order valence-corrected chi connectivity index (χ2v) is 3.56. The van der Waals surface area contributed by atoms with Gasteiger partial charge in [-0.05, 0) is 18.9 Å². The SMILES string of the molecule is C=CC[C@@](C)(C(N)=O)c1ccccc1. The van der Waals surface area contributed by atoms with Gasteiger partial charge >= 0.3 is 0 Å². The minimum atomic E-state index is -0.636. The number of benzene rings is 1. The Balaban J connectivity index is 3.12. The van der Waals surface area contributed by atoms with E-state index < -0.39 is 5.41 Å². The first-order valence-electron chi connectivity index (χ1n) is 4.57. The van der Waals surface area contributed by atoms with Crippen LogP contribution in [-0.2, 0) is 10.2 Å². The molecule has 14 heavy (non-hydrogen) atoms. The number of primary amides is 1. The number of nitrogens with two attached hydrogens (primary N) is 1. The molecule has 0 saturated heterocycles. The predicted octanol–water partition coefficient (Wildman–Crippen LogP) is 2.01. The maximum atomic E-state index is 11.4. The van der Waals surface area contributed by atoms with E-state index in [1.165, 1.54) is 0 Å². The number of allylic oxidation sites excluding steroid dienone is 1. The summed E-state index contributed by atoms with van der Waals surface area (Å²) in [6.07, 6.45) is 2.28. The van der Waals surface area contributed by atoms with Crippen molar-refractivity contribution in [2.75, 3.05) is 0 Å². The standard InChI is InChI=1S/C12H15NO/c1-3-9-12(2,11(13)14)10-7-5-4-6-8-10/h3-8H,1,9H2,2H3,(H2,13,14)/t12-/m1/s1. The highest BCUT2D eigenvalue weighted by atomic mass is 16.1. The molecule has 0 aliphatic heterocycles. The van der Waals surface area contributed by atoms with Crippen LogP contribution in [0.2, 0.25) is 0 Å². The molecule has 0 bridgehead atoms. The Bertz CT molecular complexity index is 331. The van der Waals surface area contributed by atoms with Crippen molar-refractivity contribution in [1.29, 1.82) is 0 Å². The summed E-state index contributed by atoms with van der Waals surface area (Å²) in [4.78, 5) is 11.4. The first-order valence-corrected chi connectivity index (χ1v) is 4.57. The first-order chi connectivity index (χ1) is 6.61. The van der Waals surface area contributed by atoms with Gasteiger partial charge in [0.15, 0.2) is 0 Å². The van der Waals surface area contributed by atoms with Crippen LogP contribution >= 0.6 is 0 Å². The number of carbonyl (C=O) groups excluding carboxylic acids is 1. The van der Waals surface area contributed by atoms with E-state index in [4.69, 9.17) is 5.73 Å². The normalized spacial score (nSPS) is 14.4. The molecular formula is C12H15NO. The van der Waals surface area contributed by atoms with E-state index >= 15 is 0 Å². The molecule has 0 radical (unpaired) electrons. The van der Waals surface area contributed by atoms with Gasteiger partial charge in [0, 0.05) is 0 Å². The molecule has 2 nitrogen and oxygen atoms in total. The van der Waals surface area contributed by atoms with Gasteiger partial charge in [-0.25, -0.2) is 0 Å². The van der Waals surface area contributed by atoms with E-state index in [0.717, 1.165) is 5.56 Å². The van der Waals surface area contributed by atoms with E-state index in [1.54, 1.807) is 6.08 Å². The summed E-state index contributed by atoms with van der Waals surface area (Å²) in [7, 11) is 0. The lowest BCUT2D eigenvalue weighted by Gasteiger charge is -2.24. The molecule has 1 atom stereocenters. The second kappa shape index (κ2) is 4.09. The molecule has 2 heteroatoms. The van der Waals surface area contributed by atoms with Crippen LogP contribution in [0.15, 0.2) is 43.0 Å². The Labute approximate surface area is 84.4 Å². The summed E-state index contributed by atoms with van der Waals surface area (Å²) in [6.45, 7) is 5.49. The minimum Gasteiger partial charge on any atom is -0.369 e. The van der Waals surface area contributed by atoms with Crippen LogP contribution in [0.25, 0.3) is 0 Å². The van der Waals surface area contributed by atoms with Gasteiger partial charge in [-0.3, -0.25) is 4.79 Å². The minimum absolute atomic E-state index is 0.316. The molecule has 0 aromatic heterocycles. The maximum Gasteiger partial charge on any atom is 0.228 e. The summed E-state index contributed by atoms with van der Waals surface area (Å²) in [5.74, 6) is -0.316. The van der Waals surface area contributed by atoms with Crippen LogP contribution in [0.1, 0.15) is 18.9 Å². The summed E-state index contributed by atoms with van der Waals surface area (Å²) in [6, 6.07) is 9.54. The molecule has 0 fully saturated rings. The van der Waals surface area contributed by atoms with E-state index in [2.05, 4.69) is 6.58 Å². The van der Waals surface area contributed by atoms with Gasteiger partial charge in [-0.15, -0.1) is 6.58 Å². The Hall–Kier alpha value is -1.57. The second-order valence-electron chi connectivity index (χ2n) is 3.56. The summed E-state index contributed by atoms with van der Waals surface area (Å²) in [5, 5.41) is 0. The number of carbonyl (C=O) groups is 1. The average molecular weight is 189 g/mol. The monoisotopic (exact) mass is 189 g/mol. The quantitative estimate of drug-likeness (QED) is 0.723. The average Bonchev–Trinajstić information content (AvgIpc) is 2.19. The van der Waals surface area contributed by atoms with Gasteiger partial charge in [0.1, 0.15) is 0 Å². The molecular weight excluding hydrogens is 174 g/mol. The first kappa shape index (κ1) is 10.5. The highest BCUT2D eigenvalue weighted by molar-refractivity contribution is 5.86. The van der Waals surface area contributed by atoms with Crippen molar-refractivity contribution < 1.29 is 4.79 Å². The summed E-state index contributed by atoms with van der Waals surface area (Å²) in [5.41, 5.74) is 5.70. The molecule has 0 unspecified atom stereocenters. The van der Waals surface area contributed by atoms with Crippen LogP contribution in [0.5, 0.6) is 0 Å². The third-order valence-electron chi connectivity index (χ3n) is 2.51. The number of hydrogen-bond acceptors (Lipinski definition) is 1. The highest BCUT2D eigenvalue weighted by Gasteiger charge is 2.31. The Kier molecular flexibility index (Phi) is 3.07. The largest absolute Gasteiger partial charge is 0.369 e. The van der Waals surface area contributed by atoms with Crippen LogP contribution in [0.4, 0.5) is 0 Å². The molecule has 0 spiro atoms. The van der Waals surface area contributed by atoms with Crippen molar-refractivity contribution in [3.63, 3.8) is 0 Å². The predicted molar refractivity (Wildman–Crippen MR) is 57.8 cm³/mol. The molecule has 0 aliphatic rings. The number of amides is 1. The fraction of sp³-hybridized carbons (Fsp3) is 0.250. The van der Waals surface area contributed by atoms with E-state index in [-0.39, 0.29) is 5.91 Å². The van der Waals surface area contributed by atoms with Crippen LogP contribution < -0.4 is 5.73 Å². The molecule has 1 rings (SSSR count). The van der Waals surface area contributed by atoms with Crippen molar-refractivity contribution in [2.24, 2.45) is 5.73 Å². The topological polar surface area (TPSA) is 43.1 Å². The Morgan fingerprint density at radius 3 is 2.50 bits per heavy atom. The third-order valence-corrected chi connectivity index (χ3v) is 2.51. The Morgan fingerprint density at radius 2 is 2.07 bits per heavy atom. The van der Waals surface area contributed by atoms with Crippen LogP contribution in [0, 0.1) is 0 Å². The van der Waals surface area contributed by atoms with Crippen molar-refractivity contribution in [3.8, 4) is 0 Å². The van der Waals surface area contributed by atoms with Gasteiger partial charge < -0.3 is 5.73 Å². The van der Waals surface area contributed by atoms with Crippen molar-refractivity contribution in [1.82, 2.24) is 0 Å². The maximum absolute atomic E-state index is 11.4. The van der Waals surface area contributed by atoms with Crippen molar-refractivity contribution >= 4 is 5.91 Å². The number of rotatable bonds is 4. The summed E-state index contributed by atoms with van der Waals surface area (Å²) < 4.78 is 0. The zero-order chi connectivity index (χ0) is 10.6. The van der Waals surface area contributed by atoms with Crippen molar-refractivity contribution in [2.45, 2.75) is 18.8 Å². The molecule has 0 saturated carbocycles. The summed E-state index contributed by atoms with van der Waals surface area (Å²) >= 11 is 0. The van der Waals surface area contributed by atoms with Gasteiger partial charge in [-0.2, -0.15) is 0 Å². The number of hydrogen-bond donors (Lipinski definition) is 1. The third kappa shape index (κ3) is 1.84. The van der Waals surface area contributed by atoms with Gasteiger partial charge in [0.2, 0.25) is 5.91 Å². The lowest BCUT2D eigenvalue weighted by atomic mass is 9.79. The molecule has 2 N–H and O–H groups in total. The van der Waals surface area contributed by atoms with Gasteiger partial charge in [0.05, 0.1) is 5.41 Å². The van der Waals surface area contributed by atoms with E-state index in [9.17, 15) is 4.79 Å². The molecule has 1 aromatic rings. The van der Waals surface area contributed by atoms with E-state index in [1.807, 2.05) is 37.3 Å². The molecule has 0 aliphatic carbocycles. The highest BCUT2D eigenvalue weighted by Crippen LogP contribution is 2.27. The van der Waals surface area contributed by atoms with Gasteiger partial charge in [-0.1, -0.05) is 36.4 Å². The molecule has 1 aromatic carbocycles. The van der Waals surface area contributed by atoms with Gasteiger partial charge in [0.25, 0.3) is 0 Å². The fourth-order valence-electron chi connectivity index (χ4n) is 1.46. The molecule has 74 valence electrons. The van der Waals surface area contributed by atoms with Crippen LogP contribution in [-0.4, -0.2) is 5.91 Å². The molecule has 0 heterocycles. The Morgan fingerprint density at radius 1 is 1.50 bits per heavy atom.